The van der Waals surface area contributed by atoms with Crippen LogP contribution >= 0.6 is 0 Å². The Kier molecular flexibility index (Phi) is 3.69. The molecule has 1 aromatic rings. The van der Waals surface area contributed by atoms with E-state index >= 15 is 0 Å². The molecule has 3 rings (SSSR count). The molecule has 2 aliphatic rings. The van der Waals surface area contributed by atoms with Gasteiger partial charge in [0.25, 0.3) is 5.56 Å². The van der Waals surface area contributed by atoms with Gasteiger partial charge in [0.2, 0.25) is 0 Å². The average molecular weight is 261 g/mol. The highest BCUT2D eigenvalue weighted by Gasteiger charge is 2.23. The van der Waals surface area contributed by atoms with E-state index in [0.717, 1.165) is 42.5 Å². The Bertz CT molecular complexity index is 503. The van der Waals surface area contributed by atoms with Gasteiger partial charge >= 0.3 is 0 Å². The quantitative estimate of drug-likeness (QED) is 0.886. The van der Waals surface area contributed by atoms with Crippen LogP contribution in [-0.2, 0) is 13.0 Å². The first-order valence-electron chi connectivity index (χ1n) is 7.53. The molecule has 1 fully saturated rings. The van der Waals surface area contributed by atoms with E-state index in [2.05, 4.69) is 14.9 Å². The van der Waals surface area contributed by atoms with Crippen molar-refractivity contribution < 1.29 is 0 Å². The number of nitrogens with zero attached hydrogens (tertiary/aromatic N) is 2. The molecule has 1 aliphatic heterocycles. The second-order valence-corrected chi connectivity index (χ2v) is 6.07. The fraction of sp³-hybridized carbons (Fsp3) is 0.733. The third kappa shape index (κ3) is 2.89. The summed E-state index contributed by atoms with van der Waals surface area (Å²) < 4.78 is 0. The van der Waals surface area contributed by atoms with E-state index in [4.69, 9.17) is 0 Å². The van der Waals surface area contributed by atoms with Crippen molar-refractivity contribution in [2.24, 2.45) is 5.92 Å². The number of H-pyrrole nitrogens is 1. The second kappa shape index (κ2) is 5.45. The first-order chi connectivity index (χ1) is 9.22. The molecule has 1 aromatic heterocycles. The molecule has 4 nitrogen and oxygen atoms in total. The number of nitrogens with one attached hydrogen (secondary N) is 1. The first-order valence-corrected chi connectivity index (χ1v) is 7.53. The maximum atomic E-state index is 11.9. The Balaban J connectivity index is 1.69. The SMILES string of the molecule is Cc1nc2c(c(=O)[nH]1)CCN(CC1CCCCC1)C2. The molecule has 1 saturated carbocycles. The van der Waals surface area contributed by atoms with Crippen molar-refractivity contribution in [3.63, 3.8) is 0 Å². The van der Waals surface area contributed by atoms with Crippen LogP contribution in [0.25, 0.3) is 0 Å². The Morgan fingerprint density at radius 2 is 2.11 bits per heavy atom. The van der Waals surface area contributed by atoms with Crippen LogP contribution in [0.3, 0.4) is 0 Å². The molecular formula is C15H23N3O. The zero-order valence-electron chi connectivity index (χ0n) is 11.7. The maximum absolute atomic E-state index is 11.9. The molecule has 1 aliphatic carbocycles. The van der Waals surface area contributed by atoms with Gasteiger partial charge in [0.15, 0.2) is 0 Å². The largest absolute Gasteiger partial charge is 0.311 e. The number of fused-ring (bicyclic) bond motifs is 1. The van der Waals surface area contributed by atoms with Crippen LogP contribution < -0.4 is 5.56 Å². The molecule has 0 spiro atoms. The molecule has 2 heterocycles. The summed E-state index contributed by atoms with van der Waals surface area (Å²) in [6, 6.07) is 0. The molecule has 0 radical (unpaired) electrons. The molecule has 1 N–H and O–H groups in total. The summed E-state index contributed by atoms with van der Waals surface area (Å²) >= 11 is 0. The number of aryl methyl sites for hydroxylation is 1. The van der Waals surface area contributed by atoms with E-state index in [0.29, 0.717) is 0 Å². The summed E-state index contributed by atoms with van der Waals surface area (Å²) in [5, 5.41) is 0. The van der Waals surface area contributed by atoms with Gasteiger partial charge in [-0.2, -0.15) is 0 Å². The highest BCUT2D eigenvalue weighted by atomic mass is 16.1. The van der Waals surface area contributed by atoms with Gasteiger partial charge in [-0.05, 0) is 32.1 Å². The van der Waals surface area contributed by atoms with E-state index in [1.165, 1.54) is 38.6 Å². The first kappa shape index (κ1) is 12.9. The minimum absolute atomic E-state index is 0.0693. The Morgan fingerprint density at radius 3 is 2.89 bits per heavy atom. The van der Waals surface area contributed by atoms with E-state index in [9.17, 15) is 4.79 Å². The van der Waals surface area contributed by atoms with Crippen molar-refractivity contribution in [2.75, 3.05) is 13.1 Å². The van der Waals surface area contributed by atoms with Gasteiger partial charge in [0.05, 0.1) is 5.69 Å². The van der Waals surface area contributed by atoms with Gasteiger partial charge in [-0.25, -0.2) is 4.98 Å². The molecule has 0 aromatic carbocycles. The zero-order chi connectivity index (χ0) is 13.2. The molecule has 0 saturated heterocycles. The van der Waals surface area contributed by atoms with Crippen LogP contribution in [0.5, 0.6) is 0 Å². The fourth-order valence-corrected chi connectivity index (χ4v) is 3.51. The van der Waals surface area contributed by atoms with Gasteiger partial charge in [-0.1, -0.05) is 19.3 Å². The maximum Gasteiger partial charge on any atom is 0.254 e. The molecule has 19 heavy (non-hydrogen) atoms. The molecule has 104 valence electrons. The lowest BCUT2D eigenvalue weighted by atomic mass is 9.88. The van der Waals surface area contributed by atoms with Crippen LogP contribution in [0.1, 0.15) is 49.2 Å². The minimum atomic E-state index is 0.0693. The third-order valence-corrected chi connectivity index (χ3v) is 4.51. The molecule has 0 bridgehead atoms. The van der Waals surface area contributed by atoms with Crippen molar-refractivity contribution in [1.82, 2.24) is 14.9 Å². The normalized spacial score (nSPS) is 21.3. The van der Waals surface area contributed by atoms with Crippen LogP contribution in [0.15, 0.2) is 4.79 Å². The summed E-state index contributed by atoms with van der Waals surface area (Å²) in [7, 11) is 0. The topological polar surface area (TPSA) is 49.0 Å². The van der Waals surface area contributed by atoms with E-state index in [-0.39, 0.29) is 5.56 Å². The zero-order valence-corrected chi connectivity index (χ0v) is 11.7. The lowest BCUT2D eigenvalue weighted by molar-refractivity contribution is 0.184. The van der Waals surface area contributed by atoms with Crippen molar-refractivity contribution in [1.29, 1.82) is 0 Å². The molecule has 4 heteroatoms. The fourth-order valence-electron chi connectivity index (χ4n) is 3.51. The predicted molar refractivity (Wildman–Crippen MR) is 75.2 cm³/mol. The number of aromatic amines is 1. The summed E-state index contributed by atoms with van der Waals surface area (Å²) in [5.74, 6) is 1.60. The summed E-state index contributed by atoms with van der Waals surface area (Å²) in [5.41, 5.74) is 1.98. The number of hydrogen-bond acceptors (Lipinski definition) is 3. The Hall–Kier alpha value is -1.16. The van der Waals surface area contributed by atoms with E-state index < -0.39 is 0 Å². The monoisotopic (exact) mass is 261 g/mol. The van der Waals surface area contributed by atoms with Gasteiger partial charge in [0.1, 0.15) is 5.82 Å². The predicted octanol–water partition coefficient (Wildman–Crippen LogP) is 2.02. The lowest BCUT2D eigenvalue weighted by Crippen LogP contribution is -2.38. The van der Waals surface area contributed by atoms with Gasteiger partial charge in [-0.3, -0.25) is 9.69 Å². The molecular weight excluding hydrogens is 238 g/mol. The smallest absolute Gasteiger partial charge is 0.254 e. The lowest BCUT2D eigenvalue weighted by Gasteiger charge is -2.32. The van der Waals surface area contributed by atoms with Crippen molar-refractivity contribution in [3.8, 4) is 0 Å². The number of aromatic nitrogens is 2. The number of hydrogen-bond donors (Lipinski definition) is 1. The molecule has 0 atom stereocenters. The molecule has 0 unspecified atom stereocenters. The standard InChI is InChI=1S/C15H23N3O/c1-11-16-14-10-18(8-7-13(14)15(19)17-11)9-12-5-3-2-4-6-12/h12H,2-10H2,1H3,(H,16,17,19). The van der Waals surface area contributed by atoms with Gasteiger partial charge in [-0.15, -0.1) is 0 Å². The summed E-state index contributed by atoms with van der Waals surface area (Å²) in [4.78, 5) is 21.7. The average Bonchev–Trinajstić information content (AvgIpc) is 2.39. The van der Waals surface area contributed by atoms with Crippen LogP contribution in [-0.4, -0.2) is 28.0 Å². The van der Waals surface area contributed by atoms with Crippen molar-refractivity contribution >= 4 is 0 Å². The van der Waals surface area contributed by atoms with Gasteiger partial charge < -0.3 is 4.98 Å². The van der Waals surface area contributed by atoms with Crippen molar-refractivity contribution in [2.45, 2.75) is 52.0 Å². The summed E-state index contributed by atoms with van der Waals surface area (Å²) in [6.45, 7) is 4.92. The highest BCUT2D eigenvalue weighted by molar-refractivity contribution is 5.20. The Labute approximate surface area is 114 Å². The minimum Gasteiger partial charge on any atom is -0.311 e. The molecule has 0 amide bonds. The van der Waals surface area contributed by atoms with Crippen LogP contribution in [0.2, 0.25) is 0 Å². The third-order valence-electron chi connectivity index (χ3n) is 4.51. The van der Waals surface area contributed by atoms with Crippen LogP contribution in [0.4, 0.5) is 0 Å². The van der Waals surface area contributed by atoms with E-state index in [1.807, 2.05) is 6.92 Å². The number of rotatable bonds is 2. The Morgan fingerprint density at radius 1 is 1.32 bits per heavy atom. The second-order valence-electron chi connectivity index (χ2n) is 6.07. The van der Waals surface area contributed by atoms with Crippen molar-refractivity contribution in [3.05, 3.63) is 27.4 Å². The highest BCUT2D eigenvalue weighted by Crippen LogP contribution is 2.26. The van der Waals surface area contributed by atoms with Crippen LogP contribution in [0, 0.1) is 12.8 Å². The van der Waals surface area contributed by atoms with E-state index in [1.54, 1.807) is 0 Å². The van der Waals surface area contributed by atoms with Gasteiger partial charge in [0, 0.05) is 25.2 Å². The summed E-state index contributed by atoms with van der Waals surface area (Å²) in [6.07, 6.45) is 7.81.